The molecule has 0 aliphatic rings. The summed E-state index contributed by atoms with van der Waals surface area (Å²) in [5, 5.41) is 0. The van der Waals surface area contributed by atoms with Crippen LogP contribution in [0.3, 0.4) is 0 Å². The Bertz CT molecular complexity index is 567. The summed E-state index contributed by atoms with van der Waals surface area (Å²) < 4.78 is 46.6. The maximum atomic E-state index is 11.9. The Hall–Kier alpha value is -1.00. The summed E-state index contributed by atoms with van der Waals surface area (Å²) >= 11 is 0. The van der Waals surface area contributed by atoms with Crippen LogP contribution in [0.25, 0.3) is 0 Å². The third-order valence-corrected chi connectivity index (χ3v) is 7.69. The van der Waals surface area contributed by atoms with Gasteiger partial charge in [0.1, 0.15) is 5.54 Å². The van der Waals surface area contributed by atoms with E-state index in [1.54, 1.807) is 31.3 Å². The Morgan fingerprint density at radius 2 is 1.77 bits per heavy atom. The SMILES string of the molecule is CCCS(=O)(=O)O[n+]1ccccc1C(C)[Si](OC)(OC)OC. The van der Waals surface area contributed by atoms with E-state index in [-0.39, 0.29) is 11.3 Å². The average molecular weight is 350 g/mol. The number of aromatic nitrogens is 1. The van der Waals surface area contributed by atoms with E-state index < -0.39 is 18.9 Å². The lowest BCUT2D eigenvalue weighted by Gasteiger charge is -2.28. The highest BCUT2D eigenvalue weighted by molar-refractivity contribution is 7.86. The molecule has 0 spiro atoms. The molecular formula is C13H24NO6SSi+. The Balaban J connectivity index is 3.21. The van der Waals surface area contributed by atoms with Crippen molar-refractivity contribution in [1.29, 1.82) is 0 Å². The van der Waals surface area contributed by atoms with Crippen molar-refractivity contribution in [3.05, 3.63) is 30.1 Å². The number of pyridine rings is 1. The quantitative estimate of drug-likeness (QED) is 0.481. The highest BCUT2D eigenvalue weighted by Crippen LogP contribution is 2.26. The summed E-state index contributed by atoms with van der Waals surface area (Å²) in [5.74, 6) is -0.0515. The first-order chi connectivity index (χ1) is 10.4. The normalized spacial score (nSPS) is 13.9. The van der Waals surface area contributed by atoms with E-state index in [2.05, 4.69) is 0 Å². The van der Waals surface area contributed by atoms with Crippen molar-refractivity contribution in [3.63, 3.8) is 0 Å². The summed E-state index contributed by atoms with van der Waals surface area (Å²) in [7, 11) is -2.10. The van der Waals surface area contributed by atoms with Gasteiger partial charge < -0.3 is 13.3 Å². The minimum Gasteiger partial charge on any atom is -0.376 e. The standard InChI is InChI=1S/C13H24NO6SSi/c1-6-11-21(15,16)20-14-10-8-7-9-13(14)12(2)22(17-3,18-4)19-5/h7-10,12H,6,11H2,1-5H3/q+1. The van der Waals surface area contributed by atoms with Crippen LogP contribution >= 0.6 is 0 Å². The predicted molar refractivity (Wildman–Crippen MR) is 82.5 cm³/mol. The van der Waals surface area contributed by atoms with Gasteiger partial charge in [-0.3, -0.25) is 0 Å². The highest BCUT2D eigenvalue weighted by Gasteiger charge is 2.50. The Morgan fingerprint density at radius 1 is 1.18 bits per heavy atom. The van der Waals surface area contributed by atoms with E-state index in [1.165, 1.54) is 26.1 Å². The first-order valence-electron chi connectivity index (χ1n) is 6.94. The molecule has 1 aromatic rings. The lowest BCUT2D eigenvalue weighted by Crippen LogP contribution is -2.56. The first kappa shape index (κ1) is 19.0. The largest absolute Gasteiger partial charge is 0.514 e. The fourth-order valence-corrected chi connectivity index (χ4v) is 5.32. The molecule has 1 heterocycles. The molecule has 0 fully saturated rings. The molecule has 0 bridgehead atoms. The molecule has 7 nitrogen and oxygen atoms in total. The molecule has 0 saturated carbocycles. The molecule has 1 rings (SSSR count). The molecule has 1 atom stereocenters. The van der Waals surface area contributed by atoms with Crippen molar-refractivity contribution >= 4 is 18.9 Å². The smallest absolute Gasteiger partial charge is 0.376 e. The van der Waals surface area contributed by atoms with Gasteiger partial charge in [0.15, 0.2) is 0 Å². The molecule has 0 aliphatic heterocycles. The fraction of sp³-hybridized carbons (Fsp3) is 0.615. The van der Waals surface area contributed by atoms with Crippen LogP contribution in [-0.2, 0) is 23.4 Å². The van der Waals surface area contributed by atoms with Crippen LogP contribution in [0.2, 0.25) is 0 Å². The van der Waals surface area contributed by atoms with Gasteiger partial charge in [-0.1, -0.05) is 6.92 Å². The van der Waals surface area contributed by atoms with E-state index in [4.69, 9.17) is 17.6 Å². The predicted octanol–water partition coefficient (Wildman–Crippen LogP) is 0.663. The number of nitrogens with zero attached hydrogens (tertiary/aromatic N) is 1. The number of hydrogen-bond acceptors (Lipinski definition) is 6. The van der Waals surface area contributed by atoms with Crippen molar-refractivity contribution in [2.45, 2.75) is 25.8 Å². The molecule has 0 saturated heterocycles. The van der Waals surface area contributed by atoms with Gasteiger partial charge in [-0.05, 0) is 19.4 Å². The molecular weight excluding hydrogens is 326 g/mol. The van der Waals surface area contributed by atoms with Crippen LogP contribution < -0.4 is 9.01 Å². The van der Waals surface area contributed by atoms with Crippen LogP contribution in [-0.4, -0.2) is 44.3 Å². The van der Waals surface area contributed by atoms with Crippen LogP contribution in [0, 0.1) is 0 Å². The zero-order valence-corrected chi connectivity index (χ0v) is 15.4. The molecule has 0 amide bonds. The van der Waals surface area contributed by atoms with Crippen molar-refractivity contribution < 1.29 is 30.7 Å². The van der Waals surface area contributed by atoms with Gasteiger partial charge in [-0.2, -0.15) is 8.42 Å². The first-order valence-corrected chi connectivity index (χ1v) is 10.3. The lowest BCUT2D eigenvalue weighted by molar-refractivity contribution is -0.862. The van der Waals surface area contributed by atoms with Gasteiger partial charge in [0.2, 0.25) is 11.9 Å². The summed E-state index contributed by atoms with van der Waals surface area (Å²) in [4.78, 5) is 0. The van der Waals surface area contributed by atoms with Crippen molar-refractivity contribution in [2.75, 3.05) is 27.1 Å². The van der Waals surface area contributed by atoms with Crippen LogP contribution in [0.4, 0.5) is 0 Å². The summed E-state index contributed by atoms with van der Waals surface area (Å²) in [6.45, 7) is 3.63. The average Bonchev–Trinajstić information content (AvgIpc) is 2.49. The maximum Gasteiger partial charge on any atom is 0.514 e. The molecule has 0 radical (unpaired) electrons. The van der Waals surface area contributed by atoms with Gasteiger partial charge in [-0.15, -0.1) is 4.28 Å². The highest BCUT2D eigenvalue weighted by atomic mass is 32.2. The van der Waals surface area contributed by atoms with Gasteiger partial charge >= 0.3 is 18.9 Å². The van der Waals surface area contributed by atoms with Gasteiger partial charge in [0.25, 0.3) is 0 Å². The molecule has 126 valence electrons. The second-order valence-corrected chi connectivity index (χ2v) is 9.70. The Labute approximate surface area is 133 Å². The topological polar surface area (TPSA) is 74.9 Å². The van der Waals surface area contributed by atoms with Crippen molar-refractivity contribution in [1.82, 2.24) is 0 Å². The Kier molecular flexibility index (Phi) is 6.94. The zero-order chi connectivity index (χ0) is 16.8. The number of hydrogen-bond donors (Lipinski definition) is 0. The summed E-state index contributed by atoms with van der Waals surface area (Å²) in [5.41, 5.74) is 0.282. The summed E-state index contributed by atoms with van der Waals surface area (Å²) in [6.07, 6.45) is 2.02. The second-order valence-electron chi connectivity index (χ2n) is 4.73. The maximum absolute atomic E-state index is 11.9. The molecule has 9 heteroatoms. The third kappa shape index (κ3) is 4.26. The van der Waals surface area contributed by atoms with Crippen LogP contribution in [0.5, 0.6) is 0 Å². The van der Waals surface area contributed by atoms with Gasteiger partial charge in [-0.25, -0.2) is 0 Å². The van der Waals surface area contributed by atoms with Crippen LogP contribution in [0.15, 0.2) is 24.4 Å². The van der Waals surface area contributed by atoms with Crippen molar-refractivity contribution in [3.8, 4) is 0 Å². The third-order valence-electron chi connectivity index (χ3n) is 3.33. The summed E-state index contributed by atoms with van der Waals surface area (Å²) in [6, 6.07) is 5.23. The zero-order valence-electron chi connectivity index (χ0n) is 13.6. The number of rotatable bonds is 9. The van der Waals surface area contributed by atoms with Crippen LogP contribution in [0.1, 0.15) is 31.5 Å². The minimum atomic E-state index is -3.65. The minimum absolute atomic E-state index is 0.0515. The van der Waals surface area contributed by atoms with E-state index in [0.29, 0.717) is 12.1 Å². The van der Waals surface area contributed by atoms with E-state index in [9.17, 15) is 8.42 Å². The van der Waals surface area contributed by atoms with Gasteiger partial charge in [0, 0.05) is 38.2 Å². The molecule has 1 aromatic heterocycles. The van der Waals surface area contributed by atoms with Crippen molar-refractivity contribution in [2.24, 2.45) is 0 Å². The molecule has 1 unspecified atom stereocenters. The molecule has 0 aliphatic carbocycles. The second kappa shape index (κ2) is 8.02. The molecule has 0 aromatic carbocycles. The van der Waals surface area contributed by atoms with Gasteiger partial charge in [0.05, 0.1) is 5.75 Å². The fourth-order valence-electron chi connectivity index (χ4n) is 2.22. The Morgan fingerprint density at radius 3 is 2.27 bits per heavy atom. The van der Waals surface area contributed by atoms with E-state index in [1.807, 2.05) is 6.92 Å². The monoisotopic (exact) mass is 350 g/mol. The van der Waals surface area contributed by atoms with E-state index >= 15 is 0 Å². The molecule has 22 heavy (non-hydrogen) atoms. The molecule has 0 N–H and O–H groups in total. The lowest BCUT2D eigenvalue weighted by atomic mass is 10.3. The van der Waals surface area contributed by atoms with E-state index in [0.717, 1.165) is 0 Å².